The van der Waals surface area contributed by atoms with Gasteiger partial charge < -0.3 is 5.11 Å². The van der Waals surface area contributed by atoms with Gasteiger partial charge in [-0.15, -0.1) is 0 Å². The summed E-state index contributed by atoms with van der Waals surface area (Å²) in [5.41, 5.74) is 0.756. The first kappa shape index (κ1) is 14.0. The van der Waals surface area contributed by atoms with Crippen molar-refractivity contribution in [2.45, 2.75) is 25.4 Å². The predicted octanol–water partition coefficient (Wildman–Crippen LogP) is 2.41. The molecule has 6 nitrogen and oxygen atoms in total. The average molecular weight is 329 g/mol. The van der Waals surface area contributed by atoms with Crippen LogP contribution in [0.15, 0.2) is 22.7 Å². The first-order valence-corrected chi connectivity index (χ1v) is 6.68. The van der Waals surface area contributed by atoms with E-state index >= 15 is 0 Å². The molecule has 0 saturated carbocycles. The Morgan fingerprint density at radius 1 is 1.58 bits per heavy atom. The van der Waals surface area contributed by atoms with Crippen LogP contribution in [0.1, 0.15) is 18.4 Å². The summed E-state index contributed by atoms with van der Waals surface area (Å²) in [6, 6.07) is 4.40. The van der Waals surface area contributed by atoms with Crippen LogP contribution in [0.4, 0.5) is 5.69 Å². The van der Waals surface area contributed by atoms with E-state index in [0.29, 0.717) is 24.0 Å². The van der Waals surface area contributed by atoms with Crippen LogP contribution in [0.25, 0.3) is 0 Å². The zero-order valence-corrected chi connectivity index (χ0v) is 11.7. The van der Waals surface area contributed by atoms with Gasteiger partial charge in [0.2, 0.25) is 0 Å². The third-order valence-corrected chi connectivity index (χ3v) is 3.91. The maximum Gasteiger partial charge on any atom is 0.320 e. The van der Waals surface area contributed by atoms with Gasteiger partial charge in [0.15, 0.2) is 0 Å². The number of nitrogens with zero attached hydrogens (tertiary/aromatic N) is 2. The zero-order chi connectivity index (χ0) is 14.0. The quantitative estimate of drug-likeness (QED) is 0.677. The highest BCUT2D eigenvalue weighted by Gasteiger charge is 2.30. The van der Waals surface area contributed by atoms with Gasteiger partial charge in [-0.2, -0.15) is 0 Å². The van der Waals surface area contributed by atoms with Crippen LogP contribution in [0.2, 0.25) is 0 Å². The minimum atomic E-state index is -0.830. The number of carbonyl (C=O) groups is 1. The van der Waals surface area contributed by atoms with Crippen molar-refractivity contribution in [3.8, 4) is 0 Å². The molecule has 1 aromatic carbocycles. The molecule has 19 heavy (non-hydrogen) atoms. The van der Waals surface area contributed by atoms with Crippen molar-refractivity contribution in [2.75, 3.05) is 6.54 Å². The second kappa shape index (κ2) is 5.66. The highest BCUT2D eigenvalue weighted by Crippen LogP contribution is 2.27. The lowest BCUT2D eigenvalue weighted by molar-refractivity contribution is -0.385. The van der Waals surface area contributed by atoms with E-state index in [1.807, 2.05) is 4.90 Å². The van der Waals surface area contributed by atoms with Crippen LogP contribution in [-0.4, -0.2) is 33.5 Å². The van der Waals surface area contributed by atoms with Crippen molar-refractivity contribution in [1.29, 1.82) is 0 Å². The normalized spacial score (nSPS) is 19.5. The molecule has 2 rings (SSSR count). The minimum Gasteiger partial charge on any atom is -0.480 e. The van der Waals surface area contributed by atoms with E-state index in [4.69, 9.17) is 5.11 Å². The third-order valence-electron chi connectivity index (χ3n) is 3.24. The van der Waals surface area contributed by atoms with Gasteiger partial charge in [0.1, 0.15) is 6.04 Å². The number of nitro groups is 1. The topological polar surface area (TPSA) is 83.7 Å². The third kappa shape index (κ3) is 3.10. The molecule has 0 radical (unpaired) electrons. The molecule has 1 aliphatic heterocycles. The Balaban J connectivity index is 2.17. The van der Waals surface area contributed by atoms with Gasteiger partial charge in [0, 0.05) is 12.6 Å². The standard InChI is InChI=1S/C12H13BrN2O4/c13-9-4-3-8(6-11(9)15(18)19)7-14-5-1-2-10(14)12(16)17/h3-4,6,10H,1-2,5,7H2,(H,16,17)/t10-/m0/s1. The molecular weight excluding hydrogens is 316 g/mol. The lowest BCUT2D eigenvalue weighted by Gasteiger charge is -2.20. The number of likely N-dealkylation sites (tertiary alicyclic amines) is 1. The summed E-state index contributed by atoms with van der Waals surface area (Å²) in [5.74, 6) is -0.830. The summed E-state index contributed by atoms with van der Waals surface area (Å²) in [4.78, 5) is 23.3. The molecule has 1 N–H and O–H groups in total. The molecular formula is C12H13BrN2O4. The summed E-state index contributed by atoms with van der Waals surface area (Å²) >= 11 is 3.13. The molecule has 0 unspecified atom stereocenters. The fraction of sp³-hybridized carbons (Fsp3) is 0.417. The summed E-state index contributed by atoms with van der Waals surface area (Å²) in [6.07, 6.45) is 1.48. The maximum absolute atomic E-state index is 11.1. The zero-order valence-electron chi connectivity index (χ0n) is 10.1. The van der Waals surface area contributed by atoms with Crippen molar-refractivity contribution < 1.29 is 14.8 Å². The minimum absolute atomic E-state index is 0.00331. The van der Waals surface area contributed by atoms with Crippen molar-refractivity contribution in [3.05, 3.63) is 38.3 Å². The molecule has 0 bridgehead atoms. The van der Waals surface area contributed by atoms with Crippen LogP contribution in [0.5, 0.6) is 0 Å². The van der Waals surface area contributed by atoms with Crippen molar-refractivity contribution in [3.63, 3.8) is 0 Å². The van der Waals surface area contributed by atoms with Gasteiger partial charge in [0.05, 0.1) is 9.40 Å². The van der Waals surface area contributed by atoms with Gasteiger partial charge in [-0.25, -0.2) is 0 Å². The number of hydrogen-bond acceptors (Lipinski definition) is 4. The van der Waals surface area contributed by atoms with Gasteiger partial charge in [0.25, 0.3) is 5.69 Å². The van der Waals surface area contributed by atoms with Gasteiger partial charge in [-0.05, 0) is 46.9 Å². The van der Waals surface area contributed by atoms with E-state index in [1.54, 1.807) is 12.1 Å². The van der Waals surface area contributed by atoms with Crippen LogP contribution in [-0.2, 0) is 11.3 Å². The van der Waals surface area contributed by atoms with E-state index in [1.165, 1.54) is 6.07 Å². The smallest absolute Gasteiger partial charge is 0.320 e. The predicted molar refractivity (Wildman–Crippen MR) is 71.9 cm³/mol. The van der Waals surface area contributed by atoms with Crippen molar-refractivity contribution in [1.82, 2.24) is 4.90 Å². The molecule has 1 fully saturated rings. The summed E-state index contributed by atoms with van der Waals surface area (Å²) < 4.78 is 0.428. The number of aliphatic carboxylic acids is 1. The molecule has 0 amide bonds. The number of carboxylic acid groups (broad SMARTS) is 1. The number of benzene rings is 1. The lowest BCUT2D eigenvalue weighted by Crippen LogP contribution is -2.35. The fourth-order valence-electron chi connectivity index (χ4n) is 2.33. The molecule has 7 heteroatoms. The van der Waals surface area contributed by atoms with E-state index in [-0.39, 0.29) is 5.69 Å². The Hall–Kier alpha value is -1.47. The molecule has 1 aromatic rings. The largest absolute Gasteiger partial charge is 0.480 e. The number of halogens is 1. The first-order valence-electron chi connectivity index (χ1n) is 5.88. The SMILES string of the molecule is O=C(O)[C@@H]1CCCN1Cc1ccc(Br)c([N+](=O)[O-])c1. The van der Waals surface area contributed by atoms with Gasteiger partial charge in [-0.3, -0.25) is 19.8 Å². The summed E-state index contributed by atoms with van der Waals surface area (Å²) in [7, 11) is 0. The van der Waals surface area contributed by atoms with Crippen LogP contribution in [0.3, 0.4) is 0 Å². The Kier molecular flexibility index (Phi) is 4.16. The monoisotopic (exact) mass is 328 g/mol. The van der Waals surface area contributed by atoms with Crippen molar-refractivity contribution in [2.24, 2.45) is 0 Å². The van der Waals surface area contributed by atoms with Crippen LogP contribution in [0, 0.1) is 10.1 Å². The summed E-state index contributed by atoms with van der Waals surface area (Å²) in [5, 5.41) is 19.9. The molecule has 0 aliphatic carbocycles. The number of carboxylic acids is 1. The Bertz CT molecular complexity index is 520. The van der Waals surface area contributed by atoms with E-state index < -0.39 is 16.9 Å². The molecule has 102 valence electrons. The molecule has 0 aromatic heterocycles. The van der Waals surface area contributed by atoms with Crippen molar-refractivity contribution >= 4 is 27.6 Å². The Morgan fingerprint density at radius 2 is 2.32 bits per heavy atom. The van der Waals surface area contributed by atoms with E-state index in [2.05, 4.69) is 15.9 Å². The van der Waals surface area contributed by atoms with E-state index in [9.17, 15) is 14.9 Å². The Labute approximate surface area is 118 Å². The molecule has 1 heterocycles. The van der Waals surface area contributed by atoms with Gasteiger partial charge >= 0.3 is 5.97 Å². The van der Waals surface area contributed by atoms with Crippen LogP contribution < -0.4 is 0 Å². The molecule has 0 spiro atoms. The second-order valence-corrected chi connectivity index (χ2v) is 5.36. The molecule has 1 saturated heterocycles. The van der Waals surface area contributed by atoms with E-state index in [0.717, 1.165) is 12.0 Å². The number of rotatable bonds is 4. The fourth-order valence-corrected chi connectivity index (χ4v) is 2.72. The van der Waals surface area contributed by atoms with Crippen LogP contribution >= 0.6 is 15.9 Å². The maximum atomic E-state index is 11.1. The average Bonchev–Trinajstić information content (AvgIpc) is 2.79. The highest BCUT2D eigenvalue weighted by atomic mass is 79.9. The summed E-state index contributed by atoms with van der Waals surface area (Å²) in [6.45, 7) is 1.13. The molecule has 1 aliphatic rings. The number of hydrogen-bond donors (Lipinski definition) is 1. The second-order valence-electron chi connectivity index (χ2n) is 4.51. The molecule has 1 atom stereocenters. The van der Waals surface area contributed by atoms with Gasteiger partial charge in [-0.1, -0.05) is 6.07 Å². The number of nitro benzene ring substituents is 1. The Morgan fingerprint density at radius 3 is 2.95 bits per heavy atom. The lowest BCUT2D eigenvalue weighted by atomic mass is 10.1. The first-order chi connectivity index (χ1) is 8.99. The highest BCUT2D eigenvalue weighted by molar-refractivity contribution is 9.10.